The van der Waals surface area contributed by atoms with Gasteiger partial charge in [-0.15, -0.1) is 0 Å². The number of hydrogen-bond acceptors (Lipinski definition) is 2. The lowest BCUT2D eigenvalue weighted by Gasteiger charge is -2.26. The molecule has 0 spiro atoms. The molecule has 0 aromatic heterocycles. The molecular weight excluding hydrogens is 234 g/mol. The zero-order chi connectivity index (χ0) is 13.7. The molecule has 1 aromatic rings. The molecule has 0 radical (unpaired) electrons. The van der Waals surface area contributed by atoms with Crippen LogP contribution in [0.15, 0.2) is 24.3 Å². The second-order valence-corrected chi connectivity index (χ2v) is 5.64. The summed E-state index contributed by atoms with van der Waals surface area (Å²) in [6, 6.07) is 8.63. The van der Waals surface area contributed by atoms with Gasteiger partial charge in [0.15, 0.2) is 5.78 Å². The maximum absolute atomic E-state index is 12.3. The summed E-state index contributed by atoms with van der Waals surface area (Å²) in [5.74, 6) is 0.261. The van der Waals surface area contributed by atoms with Crippen molar-refractivity contribution in [1.29, 1.82) is 0 Å². The molecule has 1 aromatic carbocycles. The van der Waals surface area contributed by atoms with Gasteiger partial charge in [-0.25, -0.2) is 0 Å². The van der Waals surface area contributed by atoms with Gasteiger partial charge in [0.2, 0.25) is 0 Å². The van der Waals surface area contributed by atoms with Crippen LogP contribution in [0.5, 0.6) is 0 Å². The van der Waals surface area contributed by atoms with E-state index in [1.54, 1.807) is 0 Å². The third-order valence-corrected chi connectivity index (χ3v) is 4.22. The zero-order valence-electron chi connectivity index (χ0n) is 12.2. The Labute approximate surface area is 116 Å². The van der Waals surface area contributed by atoms with Gasteiger partial charge < -0.3 is 0 Å². The molecule has 1 saturated heterocycles. The highest BCUT2D eigenvalue weighted by molar-refractivity contribution is 5.97. The van der Waals surface area contributed by atoms with Crippen LogP contribution in [0.25, 0.3) is 0 Å². The van der Waals surface area contributed by atoms with Gasteiger partial charge in [0, 0.05) is 11.6 Å². The van der Waals surface area contributed by atoms with Crippen molar-refractivity contribution in [3.63, 3.8) is 0 Å². The topological polar surface area (TPSA) is 20.3 Å². The summed E-state index contributed by atoms with van der Waals surface area (Å²) in [6.07, 6.45) is 6.09. The van der Waals surface area contributed by atoms with E-state index in [9.17, 15) is 4.79 Å². The molecule has 1 aliphatic heterocycles. The minimum Gasteiger partial charge on any atom is -0.293 e. The summed E-state index contributed by atoms with van der Waals surface area (Å²) < 4.78 is 0. The first-order chi connectivity index (χ1) is 9.20. The van der Waals surface area contributed by atoms with Gasteiger partial charge in [-0.1, -0.05) is 44.0 Å². The Hall–Kier alpha value is -1.15. The molecule has 1 fully saturated rings. The maximum Gasteiger partial charge on any atom is 0.176 e. The molecule has 0 aliphatic carbocycles. The van der Waals surface area contributed by atoms with Crippen molar-refractivity contribution >= 4 is 5.78 Å². The fourth-order valence-electron chi connectivity index (χ4n) is 2.77. The van der Waals surface area contributed by atoms with Crippen molar-refractivity contribution in [1.82, 2.24) is 4.90 Å². The fourth-order valence-corrected chi connectivity index (χ4v) is 2.77. The van der Waals surface area contributed by atoms with Crippen LogP contribution >= 0.6 is 0 Å². The second kappa shape index (κ2) is 6.85. The first-order valence-electron chi connectivity index (χ1n) is 7.57. The number of hydrogen-bond donors (Lipinski definition) is 0. The molecular formula is C17H25NO. The Morgan fingerprint density at radius 1 is 1.21 bits per heavy atom. The molecule has 0 saturated carbocycles. The quantitative estimate of drug-likeness (QED) is 0.768. The smallest absolute Gasteiger partial charge is 0.176 e. The number of rotatable bonds is 4. The van der Waals surface area contributed by atoms with Gasteiger partial charge in [-0.2, -0.15) is 0 Å². The highest BCUT2D eigenvalue weighted by atomic mass is 16.1. The number of carbonyl (C=O) groups is 1. The highest BCUT2D eigenvalue weighted by Gasteiger charge is 2.19. The molecule has 1 heterocycles. The number of ketones is 1. The maximum atomic E-state index is 12.3. The Bertz CT molecular complexity index is 410. The molecule has 0 N–H and O–H groups in total. The number of likely N-dealkylation sites (tertiary alicyclic amines) is 1. The van der Waals surface area contributed by atoms with E-state index >= 15 is 0 Å². The van der Waals surface area contributed by atoms with Gasteiger partial charge >= 0.3 is 0 Å². The normalized spacial score (nSPS) is 21.1. The van der Waals surface area contributed by atoms with Crippen molar-refractivity contribution in [3.8, 4) is 0 Å². The lowest BCUT2D eigenvalue weighted by atomic mass is 10.1. The Balaban J connectivity index is 1.98. The van der Waals surface area contributed by atoms with Gasteiger partial charge in [0.05, 0.1) is 6.54 Å². The first kappa shape index (κ1) is 14.3. The highest BCUT2D eigenvalue weighted by Crippen LogP contribution is 2.17. The van der Waals surface area contributed by atoms with E-state index in [2.05, 4.69) is 30.9 Å². The molecule has 1 atom stereocenters. The lowest BCUT2D eigenvalue weighted by Crippen LogP contribution is -2.37. The number of nitrogens with zero attached hydrogens (tertiary/aromatic N) is 1. The van der Waals surface area contributed by atoms with E-state index < -0.39 is 0 Å². The van der Waals surface area contributed by atoms with Crippen LogP contribution in [0.3, 0.4) is 0 Å². The number of aryl methyl sites for hydroxylation is 1. The van der Waals surface area contributed by atoms with Gasteiger partial charge in [0.1, 0.15) is 0 Å². The van der Waals surface area contributed by atoms with Crippen LogP contribution in [0, 0.1) is 0 Å². The first-order valence-corrected chi connectivity index (χ1v) is 7.57. The van der Waals surface area contributed by atoms with E-state index in [-0.39, 0.29) is 5.78 Å². The zero-order valence-corrected chi connectivity index (χ0v) is 12.2. The standard InChI is InChI=1S/C17H25NO/c1-3-15-8-10-16(11-9-15)17(19)13-18-12-6-4-5-7-14(18)2/h8-11,14H,3-7,12-13H2,1-2H3. The molecule has 1 unspecified atom stereocenters. The van der Waals surface area contributed by atoms with Crippen molar-refractivity contribution < 1.29 is 4.79 Å². The van der Waals surface area contributed by atoms with Crippen LogP contribution in [-0.4, -0.2) is 29.8 Å². The van der Waals surface area contributed by atoms with Crippen LogP contribution < -0.4 is 0 Å². The van der Waals surface area contributed by atoms with Gasteiger partial charge in [-0.3, -0.25) is 9.69 Å². The van der Waals surface area contributed by atoms with Crippen LogP contribution in [0.2, 0.25) is 0 Å². The molecule has 0 amide bonds. The minimum atomic E-state index is 0.261. The molecule has 2 rings (SSSR count). The Morgan fingerprint density at radius 3 is 2.63 bits per heavy atom. The molecule has 2 nitrogen and oxygen atoms in total. The van der Waals surface area contributed by atoms with E-state index in [1.165, 1.54) is 31.2 Å². The largest absolute Gasteiger partial charge is 0.293 e. The van der Waals surface area contributed by atoms with Gasteiger partial charge in [-0.05, 0) is 38.3 Å². The number of benzene rings is 1. The Kier molecular flexibility index (Phi) is 5.15. The lowest BCUT2D eigenvalue weighted by molar-refractivity contribution is 0.0901. The summed E-state index contributed by atoms with van der Waals surface area (Å²) >= 11 is 0. The van der Waals surface area contributed by atoms with Gasteiger partial charge in [0.25, 0.3) is 0 Å². The minimum absolute atomic E-state index is 0.261. The number of carbonyl (C=O) groups excluding carboxylic acids is 1. The Morgan fingerprint density at radius 2 is 1.95 bits per heavy atom. The van der Waals surface area contributed by atoms with Crippen LogP contribution in [-0.2, 0) is 6.42 Å². The van der Waals surface area contributed by atoms with Crippen molar-refractivity contribution in [3.05, 3.63) is 35.4 Å². The summed E-state index contributed by atoms with van der Waals surface area (Å²) in [7, 11) is 0. The average Bonchev–Trinajstić information content (AvgIpc) is 2.64. The van der Waals surface area contributed by atoms with E-state index in [4.69, 9.17) is 0 Å². The predicted molar refractivity (Wildman–Crippen MR) is 79.7 cm³/mol. The van der Waals surface area contributed by atoms with Crippen molar-refractivity contribution in [2.45, 2.75) is 52.0 Å². The summed E-state index contributed by atoms with van der Waals surface area (Å²) in [5, 5.41) is 0. The average molecular weight is 259 g/mol. The number of Topliss-reactive ketones (excluding diaryl/α,β-unsaturated/α-hetero) is 1. The summed E-state index contributed by atoms with van der Waals surface area (Å²) in [4.78, 5) is 14.7. The molecule has 104 valence electrons. The summed E-state index contributed by atoms with van der Waals surface area (Å²) in [6.45, 7) is 6.03. The monoisotopic (exact) mass is 259 g/mol. The third kappa shape index (κ3) is 3.90. The molecule has 0 bridgehead atoms. The fraction of sp³-hybridized carbons (Fsp3) is 0.588. The van der Waals surface area contributed by atoms with Crippen molar-refractivity contribution in [2.75, 3.05) is 13.1 Å². The second-order valence-electron chi connectivity index (χ2n) is 5.64. The third-order valence-electron chi connectivity index (χ3n) is 4.22. The van der Waals surface area contributed by atoms with E-state index in [0.29, 0.717) is 12.6 Å². The van der Waals surface area contributed by atoms with Crippen molar-refractivity contribution in [2.24, 2.45) is 0 Å². The van der Waals surface area contributed by atoms with Crippen LogP contribution in [0.1, 0.15) is 55.5 Å². The van der Waals surface area contributed by atoms with E-state index in [1.807, 2.05) is 12.1 Å². The summed E-state index contributed by atoms with van der Waals surface area (Å²) in [5.41, 5.74) is 2.15. The SMILES string of the molecule is CCc1ccc(C(=O)CN2CCCCCC2C)cc1. The van der Waals surface area contributed by atoms with E-state index in [0.717, 1.165) is 18.5 Å². The molecule has 1 aliphatic rings. The predicted octanol–water partition coefficient (Wildman–Crippen LogP) is 3.70. The molecule has 19 heavy (non-hydrogen) atoms. The molecule has 2 heteroatoms. The van der Waals surface area contributed by atoms with Crippen LogP contribution in [0.4, 0.5) is 0 Å².